The number of hydrogen-bond acceptors (Lipinski definition) is 5. The average molecular weight is 285 g/mol. The molecule has 0 atom stereocenters. The molecule has 0 aliphatic carbocycles. The van der Waals surface area contributed by atoms with Crippen molar-refractivity contribution in [2.75, 3.05) is 50.6 Å². The Kier molecular flexibility index (Phi) is 5.22. The van der Waals surface area contributed by atoms with Gasteiger partial charge in [0, 0.05) is 32.1 Å². The molecule has 19 heavy (non-hydrogen) atoms. The van der Waals surface area contributed by atoms with Crippen LogP contribution in [0, 0.1) is 6.92 Å². The Morgan fingerprint density at radius 3 is 2.84 bits per heavy atom. The lowest BCUT2D eigenvalue weighted by Gasteiger charge is -2.24. The zero-order valence-electron chi connectivity index (χ0n) is 11.6. The Morgan fingerprint density at radius 1 is 1.26 bits per heavy atom. The van der Waals surface area contributed by atoms with Crippen LogP contribution in [0.3, 0.4) is 0 Å². The number of rotatable bonds is 4. The lowest BCUT2D eigenvalue weighted by molar-refractivity contribution is 0.311. The van der Waals surface area contributed by atoms with Crippen LogP contribution < -0.4 is 9.64 Å². The molecule has 0 radical (unpaired) electrons. The van der Waals surface area contributed by atoms with Gasteiger partial charge in [0.2, 0.25) is 5.88 Å². The molecule has 0 bridgehead atoms. The van der Waals surface area contributed by atoms with Gasteiger partial charge in [0.05, 0.1) is 12.7 Å². The fourth-order valence-corrected chi connectivity index (χ4v) is 2.71. The van der Waals surface area contributed by atoms with E-state index in [0.29, 0.717) is 11.8 Å². The van der Waals surface area contributed by atoms with Crippen LogP contribution in [0.4, 0.5) is 5.82 Å². The maximum Gasteiger partial charge on any atom is 0.221 e. The van der Waals surface area contributed by atoms with E-state index in [4.69, 9.17) is 16.3 Å². The number of aromatic nitrogens is 2. The molecule has 1 saturated heterocycles. The average Bonchev–Trinajstić information content (AvgIpc) is 2.65. The molecule has 106 valence electrons. The SMILES string of the molecule is COc1ncnc(N2CCCN(CCCl)CC2)c1C. The molecular formula is C13H21ClN4O. The number of hydrogen-bond donors (Lipinski definition) is 0. The lowest BCUT2D eigenvalue weighted by atomic mass is 10.3. The molecule has 1 aliphatic heterocycles. The van der Waals surface area contributed by atoms with Gasteiger partial charge in [-0.2, -0.15) is 0 Å². The van der Waals surface area contributed by atoms with Gasteiger partial charge in [-0.1, -0.05) is 0 Å². The Balaban J connectivity index is 2.10. The van der Waals surface area contributed by atoms with Crippen LogP contribution in [0.5, 0.6) is 5.88 Å². The molecule has 6 heteroatoms. The highest BCUT2D eigenvalue weighted by Gasteiger charge is 2.18. The van der Waals surface area contributed by atoms with Crippen LogP contribution >= 0.6 is 11.6 Å². The van der Waals surface area contributed by atoms with E-state index >= 15 is 0 Å². The van der Waals surface area contributed by atoms with Gasteiger partial charge in [-0.25, -0.2) is 9.97 Å². The fourth-order valence-electron chi connectivity index (χ4n) is 2.48. The molecule has 0 spiro atoms. The first-order chi connectivity index (χ1) is 9.26. The first-order valence-corrected chi connectivity index (χ1v) is 7.18. The minimum absolute atomic E-state index is 0.659. The molecule has 1 aromatic rings. The maximum atomic E-state index is 5.81. The van der Waals surface area contributed by atoms with E-state index in [1.807, 2.05) is 6.92 Å². The van der Waals surface area contributed by atoms with Crippen LogP contribution in [-0.4, -0.2) is 60.6 Å². The molecule has 2 rings (SSSR count). The maximum absolute atomic E-state index is 5.81. The normalized spacial score (nSPS) is 17.3. The minimum Gasteiger partial charge on any atom is -0.481 e. The summed E-state index contributed by atoms with van der Waals surface area (Å²) in [5.41, 5.74) is 1.01. The second-order valence-electron chi connectivity index (χ2n) is 4.70. The first-order valence-electron chi connectivity index (χ1n) is 6.65. The molecule has 5 nitrogen and oxygen atoms in total. The van der Waals surface area contributed by atoms with Gasteiger partial charge in [0.25, 0.3) is 0 Å². The molecule has 0 amide bonds. The molecular weight excluding hydrogens is 264 g/mol. The van der Waals surface area contributed by atoms with E-state index in [2.05, 4.69) is 19.8 Å². The summed E-state index contributed by atoms with van der Waals surface area (Å²) in [6, 6.07) is 0. The third-order valence-electron chi connectivity index (χ3n) is 3.49. The smallest absolute Gasteiger partial charge is 0.221 e. The summed E-state index contributed by atoms with van der Waals surface area (Å²) in [5.74, 6) is 2.34. The van der Waals surface area contributed by atoms with Gasteiger partial charge in [0.15, 0.2) is 0 Å². The van der Waals surface area contributed by atoms with Crippen molar-refractivity contribution < 1.29 is 4.74 Å². The molecule has 0 unspecified atom stereocenters. The number of methoxy groups -OCH3 is 1. The summed E-state index contributed by atoms with van der Waals surface area (Å²) in [4.78, 5) is 13.3. The van der Waals surface area contributed by atoms with E-state index in [1.54, 1.807) is 13.4 Å². The number of halogens is 1. The zero-order chi connectivity index (χ0) is 13.7. The lowest BCUT2D eigenvalue weighted by Crippen LogP contribution is -2.32. The first kappa shape index (κ1) is 14.3. The zero-order valence-corrected chi connectivity index (χ0v) is 12.4. The second-order valence-corrected chi connectivity index (χ2v) is 5.08. The molecule has 1 aromatic heterocycles. The van der Waals surface area contributed by atoms with Gasteiger partial charge in [0.1, 0.15) is 12.1 Å². The standard InChI is InChI=1S/C13H21ClN4O/c1-11-12(15-10-16-13(11)19-2)18-6-3-5-17(7-4-14)8-9-18/h10H,3-9H2,1-2H3. The molecule has 1 aliphatic rings. The van der Waals surface area contributed by atoms with Gasteiger partial charge in [-0.05, 0) is 19.9 Å². The molecule has 1 fully saturated rings. The van der Waals surface area contributed by atoms with Crippen LogP contribution in [0.15, 0.2) is 6.33 Å². The summed E-state index contributed by atoms with van der Waals surface area (Å²) in [7, 11) is 1.64. The Labute approximate surface area is 119 Å². The summed E-state index contributed by atoms with van der Waals surface area (Å²) in [6.45, 7) is 7.08. The van der Waals surface area contributed by atoms with Gasteiger partial charge in [-0.15, -0.1) is 11.6 Å². The summed E-state index contributed by atoms with van der Waals surface area (Å²) in [6.07, 6.45) is 2.70. The third kappa shape index (κ3) is 3.48. The monoisotopic (exact) mass is 284 g/mol. The van der Waals surface area contributed by atoms with Gasteiger partial charge < -0.3 is 14.5 Å². The van der Waals surface area contributed by atoms with Crippen molar-refractivity contribution in [1.29, 1.82) is 0 Å². The van der Waals surface area contributed by atoms with E-state index in [-0.39, 0.29) is 0 Å². The second kappa shape index (κ2) is 6.91. The predicted octanol–water partition coefficient (Wildman–Crippen LogP) is 1.54. The largest absolute Gasteiger partial charge is 0.481 e. The quantitative estimate of drug-likeness (QED) is 0.785. The number of nitrogens with zero attached hydrogens (tertiary/aromatic N) is 4. The van der Waals surface area contributed by atoms with Crippen LogP contribution in [0.2, 0.25) is 0 Å². The predicted molar refractivity (Wildman–Crippen MR) is 77.3 cm³/mol. The van der Waals surface area contributed by atoms with Crippen molar-refractivity contribution in [1.82, 2.24) is 14.9 Å². The number of ether oxygens (including phenoxy) is 1. The third-order valence-corrected chi connectivity index (χ3v) is 3.66. The van der Waals surface area contributed by atoms with Crippen molar-refractivity contribution in [3.8, 4) is 5.88 Å². The number of anilines is 1. The van der Waals surface area contributed by atoms with E-state index in [0.717, 1.165) is 50.5 Å². The Bertz CT molecular complexity index is 416. The highest BCUT2D eigenvalue weighted by atomic mass is 35.5. The number of alkyl halides is 1. The summed E-state index contributed by atoms with van der Waals surface area (Å²) in [5, 5.41) is 0. The van der Waals surface area contributed by atoms with Gasteiger partial charge >= 0.3 is 0 Å². The van der Waals surface area contributed by atoms with Crippen molar-refractivity contribution in [2.45, 2.75) is 13.3 Å². The van der Waals surface area contributed by atoms with Gasteiger partial charge in [-0.3, -0.25) is 0 Å². The van der Waals surface area contributed by atoms with E-state index in [1.165, 1.54) is 0 Å². The molecule has 0 saturated carbocycles. The van der Waals surface area contributed by atoms with Crippen molar-refractivity contribution in [3.63, 3.8) is 0 Å². The minimum atomic E-state index is 0.659. The van der Waals surface area contributed by atoms with Crippen molar-refractivity contribution >= 4 is 17.4 Å². The van der Waals surface area contributed by atoms with Crippen LogP contribution in [0.25, 0.3) is 0 Å². The fraction of sp³-hybridized carbons (Fsp3) is 0.692. The van der Waals surface area contributed by atoms with E-state index < -0.39 is 0 Å². The van der Waals surface area contributed by atoms with E-state index in [9.17, 15) is 0 Å². The molecule has 2 heterocycles. The molecule has 0 aromatic carbocycles. The summed E-state index contributed by atoms with van der Waals surface area (Å²) < 4.78 is 5.26. The van der Waals surface area contributed by atoms with Crippen molar-refractivity contribution in [3.05, 3.63) is 11.9 Å². The molecule has 0 N–H and O–H groups in total. The summed E-state index contributed by atoms with van der Waals surface area (Å²) >= 11 is 5.81. The highest BCUT2D eigenvalue weighted by molar-refractivity contribution is 6.18. The Morgan fingerprint density at radius 2 is 2.11 bits per heavy atom. The van der Waals surface area contributed by atoms with Crippen LogP contribution in [0.1, 0.15) is 12.0 Å². The highest BCUT2D eigenvalue weighted by Crippen LogP contribution is 2.24. The van der Waals surface area contributed by atoms with Crippen LogP contribution in [-0.2, 0) is 0 Å². The van der Waals surface area contributed by atoms with Crippen molar-refractivity contribution in [2.24, 2.45) is 0 Å². The Hall–Kier alpha value is -1.07. The topological polar surface area (TPSA) is 41.5 Å².